The van der Waals surface area contributed by atoms with Crippen LogP contribution in [0.4, 0.5) is 4.79 Å². The number of carbonyl (C=O) groups excluding carboxylic acids is 3. The molecule has 1 unspecified atom stereocenters. The SMILES string of the molecule is CCOC(=O)C(N)C(=O)[C@@H](C)NC(=O)OCC1c2ccccc2-c2ccccc21. The molecule has 0 heterocycles. The Morgan fingerprint density at radius 2 is 1.55 bits per heavy atom. The summed E-state index contributed by atoms with van der Waals surface area (Å²) in [7, 11) is 0. The Balaban J connectivity index is 1.61. The highest BCUT2D eigenvalue weighted by Gasteiger charge is 2.31. The maximum atomic E-state index is 12.2. The smallest absolute Gasteiger partial charge is 0.407 e. The summed E-state index contributed by atoms with van der Waals surface area (Å²) < 4.78 is 10.1. The average Bonchev–Trinajstić information content (AvgIpc) is 3.05. The lowest BCUT2D eigenvalue weighted by Gasteiger charge is -2.18. The number of amides is 1. The molecule has 0 fully saturated rings. The van der Waals surface area contributed by atoms with Crippen molar-refractivity contribution in [3.8, 4) is 11.1 Å². The van der Waals surface area contributed by atoms with E-state index in [9.17, 15) is 14.4 Å². The molecule has 2 aromatic carbocycles. The molecule has 1 amide bonds. The summed E-state index contributed by atoms with van der Waals surface area (Å²) >= 11 is 0. The van der Waals surface area contributed by atoms with Gasteiger partial charge in [0.15, 0.2) is 11.8 Å². The van der Waals surface area contributed by atoms with Crippen LogP contribution in [0.15, 0.2) is 48.5 Å². The molecule has 0 saturated heterocycles. The van der Waals surface area contributed by atoms with Gasteiger partial charge in [-0.1, -0.05) is 48.5 Å². The zero-order valence-electron chi connectivity index (χ0n) is 16.4. The third-order valence-corrected chi connectivity index (χ3v) is 4.95. The van der Waals surface area contributed by atoms with Crippen LogP contribution in [-0.2, 0) is 19.1 Å². The molecule has 0 aliphatic heterocycles. The van der Waals surface area contributed by atoms with E-state index >= 15 is 0 Å². The number of hydrogen-bond donors (Lipinski definition) is 2. The molecule has 2 atom stereocenters. The van der Waals surface area contributed by atoms with E-state index in [-0.39, 0.29) is 19.1 Å². The van der Waals surface area contributed by atoms with Gasteiger partial charge in [0, 0.05) is 5.92 Å². The van der Waals surface area contributed by atoms with Gasteiger partial charge >= 0.3 is 12.1 Å². The van der Waals surface area contributed by atoms with Crippen molar-refractivity contribution in [2.24, 2.45) is 5.73 Å². The number of alkyl carbamates (subject to hydrolysis) is 1. The quantitative estimate of drug-likeness (QED) is 0.550. The summed E-state index contributed by atoms with van der Waals surface area (Å²) in [5.41, 5.74) is 10.0. The van der Waals surface area contributed by atoms with E-state index in [1.807, 2.05) is 48.5 Å². The molecule has 0 aromatic heterocycles. The fourth-order valence-electron chi connectivity index (χ4n) is 3.51. The van der Waals surface area contributed by atoms with Gasteiger partial charge < -0.3 is 20.5 Å². The molecule has 0 bridgehead atoms. The Labute approximate surface area is 169 Å². The zero-order valence-corrected chi connectivity index (χ0v) is 16.4. The number of benzene rings is 2. The summed E-state index contributed by atoms with van der Waals surface area (Å²) in [6.45, 7) is 3.31. The number of ketones is 1. The van der Waals surface area contributed by atoms with Gasteiger partial charge in [0.1, 0.15) is 6.61 Å². The van der Waals surface area contributed by atoms with Crippen LogP contribution in [0.5, 0.6) is 0 Å². The number of fused-ring (bicyclic) bond motifs is 3. The number of carbonyl (C=O) groups is 3. The molecule has 152 valence electrons. The van der Waals surface area contributed by atoms with Crippen LogP contribution < -0.4 is 11.1 Å². The van der Waals surface area contributed by atoms with Crippen molar-refractivity contribution >= 4 is 17.8 Å². The van der Waals surface area contributed by atoms with E-state index in [4.69, 9.17) is 15.2 Å². The second kappa shape index (κ2) is 8.87. The molecular weight excluding hydrogens is 372 g/mol. The first-order valence-corrected chi connectivity index (χ1v) is 9.51. The first-order chi connectivity index (χ1) is 13.9. The minimum Gasteiger partial charge on any atom is -0.464 e. The second-order valence-electron chi connectivity index (χ2n) is 6.82. The number of Topliss-reactive ketones (excluding diaryl/α,β-unsaturated/α-hetero) is 1. The Hall–Kier alpha value is -3.19. The Bertz CT molecular complexity index is 881. The summed E-state index contributed by atoms with van der Waals surface area (Å²) in [5.74, 6) is -1.54. The van der Waals surface area contributed by atoms with E-state index in [1.54, 1.807) is 6.92 Å². The highest BCUT2D eigenvalue weighted by molar-refractivity contribution is 6.06. The van der Waals surface area contributed by atoms with Gasteiger partial charge in [0.2, 0.25) is 0 Å². The largest absolute Gasteiger partial charge is 0.464 e. The number of rotatable bonds is 7. The molecule has 3 N–H and O–H groups in total. The van der Waals surface area contributed by atoms with E-state index in [0.717, 1.165) is 22.3 Å². The maximum absolute atomic E-state index is 12.2. The number of nitrogens with one attached hydrogen (secondary N) is 1. The van der Waals surface area contributed by atoms with Gasteiger partial charge in [0.25, 0.3) is 0 Å². The molecule has 7 heteroatoms. The van der Waals surface area contributed by atoms with Gasteiger partial charge in [-0.15, -0.1) is 0 Å². The van der Waals surface area contributed by atoms with E-state index in [1.165, 1.54) is 6.92 Å². The van der Waals surface area contributed by atoms with Gasteiger partial charge in [0.05, 0.1) is 12.6 Å². The van der Waals surface area contributed by atoms with Crippen molar-refractivity contribution in [1.29, 1.82) is 0 Å². The fourth-order valence-corrected chi connectivity index (χ4v) is 3.51. The standard InChI is InChI=1S/C22H24N2O5/c1-3-28-21(26)19(23)20(25)13(2)24-22(27)29-12-18-16-10-6-4-8-14(16)15-9-5-7-11-17(15)18/h4-11,13,18-19H,3,12,23H2,1-2H3,(H,24,27)/t13-,19?/m1/s1. The minimum atomic E-state index is -1.45. The van der Waals surface area contributed by atoms with Crippen LogP contribution in [-0.4, -0.2) is 43.1 Å². The predicted molar refractivity (Wildman–Crippen MR) is 107 cm³/mol. The molecule has 0 spiro atoms. The van der Waals surface area contributed by atoms with Crippen LogP contribution in [0.25, 0.3) is 11.1 Å². The minimum absolute atomic E-state index is 0.0825. The van der Waals surface area contributed by atoms with Crippen molar-refractivity contribution in [3.63, 3.8) is 0 Å². The van der Waals surface area contributed by atoms with Crippen LogP contribution in [0.1, 0.15) is 30.9 Å². The summed E-state index contributed by atoms with van der Waals surface area (Å²) in [4.78, 5) is 36.0. The molecule has 2 aromatic rings. The summed E-state index contributed by atoms with van der Waals surface area (Å²) in [6.07, 6.45) is -0.747. The predicted octanol–water partition coefficient (Wildman–Crippen LogP) is 2.37. The van der Waals surface area contributed by atoms with Crippen LogP contribution in [0, 0.1) is 0 Å². The molecule has 3 rings (SSSR count). The van der Waals surface area contributed by atoms with Crippen molar-refractivity contribution in [1.82, 2.24) is 5.32 Å². The summed E-state index contributed by atoms with van der Waals surface area (Å²) in [6, 6.07) is 13.6. The number of esters is 1. The number of hydrogen-bond acceptors (Lipinski definition) is 6. The Morgan fingerprint density at radius 3 is 2.10 bits per heavy atom. The van der Waals surface area contributed by atoms with Gasteiger partial charge in [-0.25, -0.2) is 9.59 Å². The molecular formula is C22H24N2O5. The highest BCUT2D eigenvalue weighted by Crippen LogP contribution is 2.44. The second-order valence-corrected chi connectivity index (χ2v) is 6.82. The third kappa shape index (κ3) is 4.30. The van der Waals surface area contributed by atoms with Crippen LogP contribution in [0.2, 0.25) is 0 Å². The number of ether oxygens (including phenoxy) is 2. The third-order valence-electron chi connectivity index (χ3n) is 4.95. The topological polar surface area (TPSA) is 108 Å². The zero-order chi connectivity index (χ0) is 21.0. The van der Waals surface area contributed by atoms with E-state index in [2.05, 4.69) is 5.32 Å². The molecule has 1 aliphatic rings. The normalized spacial score (nSPS) is 14.3. The van der Waals surface area contributed by atoms with Crippen molar-refractivity contribution < 1.29 is 23.9 Å². The van der Waals surface area contributed by atoms with Gasteiger partial charge in [-0.2, -0.15) is 0 Å². The Kier molecular flexibility index (Phi) is 6.29. The Morgan fingerprint density at radius 1 is 1.00 bits per heavy atom. The first kappa shape index (κ1) is 20.5. The van der Waals surface area contributed by atoms with Gasteiger partial charge in [-0.05, 0) is 36.1 Å². The maximum Gasteiger partial charge on any atom is 0.407 e. The van der Waals surface area contributed by atoms with Crippen molar-refractivity contribution in [2.75, 3.05) is 13.2 Å². The molecule has 0 saturated carbocycles. The lowest BCUT2D eigenvalue weighted by molar-refractivity contribution is -0.147. The molecule has 0 radical (unpaired) electrons. The van der Waals surface area contributed by atoms with Gasteiger partial charge in [-0.3, -0.25) is 4.79 Å². The number of nitrogens with two attached hydrogens (primary N) is 1. The molecule has 7 nitrogen and oxygen atoms in total. The van der Waals surface area contributed by atoms with E-state index < -0.39 is 29.9 Å². The van der Waals surface area contributed by atoms with Crippen molar-refractivity contribution in [2.45, 2.75) is 31.8 Å². The van der Waals surface area contributed by atoms with Crippen molar-refractivity contribution in [3.05, 3.63) is 59.7 Å². The monoisotopic (exact) mass is 396 g/mol. The lowest BCUT2D eigenvalue weighted by Crippen LogP contribution is -2.50. The van der Waals surface area contributed by atoms with Crippen LogP contribution >= 0.6 is 0 Å². The molecule has 1 aliphatic carbocycles. The molecule has 29 heavy (non-hydrogen) atoms. The summed E-state index contributed by atoms with van der Waals surface area (Å²) in [5, 5.41) is 2.43. The lowest BCUT2D eigenvalue weighted by atomic mass is 9.98. The average molecular weight is 396 g/mol. The van der Waals surface area contributed by atoms with E-state index in [0.29, 0.717) is 0 Å². The highest BCUT2D eigenvalue weighted by atomic mass is 16.5. The fraction of sp³-hybridized carbons (Fsp3) is 0.318. The first-order valence-electron chi connectivity index (χ1n) is 9.51. The van der Waals surface area contributed by atoms with Crippen LogP contribution in [0.3, 0.4) is 0 Å².